The standard InChI is InChI=1S/C23H30BrN3O4/c1-4-27(5-2)13-12-25-22(28)17-6-9-19(10-7-17)26-23(29)18-8-11-21(20(24)16-18)31-15-14-30-3/h6-11,16H,4-5,12-15H2,1-3H3,(H,25,28)(H,26,29). The number of methoxy groups -OCH3 is 1. The fourth-order valence-corrected chi connectivity index (χ4v) is 3.36. The number of hydrogen-bond donors (Lipinski definition) is 2. The molecular formula is C23H30BrN3O4. The number of hydrogen-bond acceptors (Lipinski definition) is 5. The topological polar surface area (TPSA) is 79.9 Å². The minimum absolute atomic E-state index is 0.127. The Morgan fingerprint density at radius 2 is 1.65 bits per heavy atom. The van der Waals surface area contributed by atoms with E-state index in [1.807, 2.05) is 0 Å². The molecule has 2 amide bonds. The molecule has 0 bridgehead atoms. The van der Waals surface area contributed by atoms with Crippen LogP contribution in [0.4, 0.5) is 5.69 Å². The van der Waals surface area contributed by atoms with E-state index in [1.54, 1.807) is 49.6 Å². The number of nitrogens with one attached hydrogen (secondary N) is 2. The van der Waals surface area contributed by atoms with E-state index in [9.17, 15) is 9.59 Å². The average molecular weight is 492 g/mol. The zero-order valence-corrected chi connectivity index (χ0v) is 19.8. The van der Waals surface area contributed by atoms with Crippen LogP contribution in [0.3, 0.4) is 0 Å². The van der Waals surface area contributed by atoms with Crippen LogP contribution in [0.25, 0.3) is 0 Å². The number of ether oxygens (including phenoxy) is 2. The minimum Gasteiger partial charge on any atom is -0.490 e. The molecule has 0 aromatic heterocycles. The van der Waals surface area contributed by atoms with Gasteiger partial charge in [0.2, 0.25) is 0 Å². The van der Waals surface area contributed by atoms with Gasteiger partial charge in [-0.2, -0.15) is 0 Å². The number of nitrogens with zero attached hydrogens (tertiary/aromatic N) is 1. The summed E-state index contributed by atoms with van der Waals surface area (Å²) in [4.78, 5) is 27.1. The van der Waals surface area contributed by atoms with Gasteiger partial charge in [-0.05, 0) is 71.5 Å². The molecule has 8 heteroatoms. The Morgan fingerprint density at radius 1 is 0.968 bits per heavy atom. The number of carbonyl (C=O) groups is 2. The molecule has 0 heterocycles. The summed E-state index contributed by atoms with van der Waals surface area (Å²) in [6.45, 7) is 8.44. The Kier molecular flexibility index (Phi) is 10.5. The second-order valence-electron chi connectivity index (χ2n) is 6.80. The van der Waals surface area contributed by atoms with Crippen molar-refractivity contribution in [3.05, 3.63) is 58.1 Å². The SMILES string of the molecule is CCN(CC)CCNC(=O)c1ccc(NC(=O)c2ccc(OCCOC)c(Br)c2)cc1. The first kappa shape index (κ1) is 24.8. The van der Waals surface area contributed by atoms with Crippen molar-refractivity contribution >= 4 is 33.4 Å². The molecule has 2 N–H and O–H groups in total. The van der Waals surface area contributed by atoms with Crippen LogP contribution in [0.15, 0.2) is 46.9 Å². The van der Waals surface area contributed by atoms with Gasteiger partial charge in [-0.15, -0.1) is 0 Å². The van der Waals surface area contributed by atoms with Crippen LogP contribution < -0.4 is 15.4 Å². The highest BCUT2D eigenvalue weighted by molar-refractivity contribution is 9.10. The summed E-state index contributed by atoms with van der Waals surface area (Å²) < 4.78 is 11.2. The lowest BCUT2D eigenvalue weighted by atomic mass is 10.1. The Balaban J connectivity index is 1.90. The zero-order chi connectivity index (χ0) is 22.6. The predicted molar refractivity (Wildman–Crippen MR) is 126 cm³/mol. The van der Waals surface area contributed by atoms with Gasteiger partial charge in [0.25, 0.3) is 11.8 Å². The van der Waals surface area contributed by atoms with Crippen LogP contribution in [0.5, 0.6) is 5.75 Å². The number of benzene rings is 2. The molecule has 2 aromatic carbocycles. The van der Waals surface area contributed by atoms with E-state index in [0.717, 1.165) is 19.6 Å². The van der Waals surface area contributed by atoms with Gasteiger partial charge < -0.3 is 25.0 Å². The molecule has 7 nitrogen and oxygen atoms in total. The zero-order valence-electron chi connectivity index (χ0n) is 18.2. The average Bonchev–Trinajstić information content (AvgIpc) is 2.78. The van der Waals surface area contributed by atoms with Gasteiger partial charge in [-0.25, -0.2) is 0 Å². The number of halogens is 1. The van der Waals surface area contributed by atoms with Gasteiger partial charge in [-0.1, -0.05) is 13.8 Å². The van der Waals surface area contributed by atoms with E-state index in [2.05, 4.69) is 45.3 Å². The number of carbonyl (C=O) groups excluding carboxylic acids is 2. The molecule has 2 aromatic rings. The van der Waals surface area contributed by atoms with Gasteiger partial charge in [0.15, 0.2) is 0 Å². The van der Waals surface area contributed by atoms with Crippen molar-refractivity contribution in [3.63, 3.8) is 0 Å². The molecule has 0 aliphatic heterocycles. The third-order valence-corrected chi connectivity index (χ3v) is 5.37. The summed E-state index contributed by atoms with van der Waals surface area (Å²) in [5.74, 6) is 0.267. The van der Waals surface area contributed by atoms with Gasteiger partial charge in [-0.3, -0.25) is 9.59 Å². The predicted octanol–water partition coefficient (Wildman–Crippen LogP) is 3.80. The maximum absolute atomic E-state index is 12.5. The number of anilines is 1. The Bertz CT molecular complexity index is 854. The Hall–Kier alpha value is -2.42. The van der Waals surface area contributed by atoms with Crippen LogP contribution in [-0.2, 0) is 4.74 Å². The van der Waals surface area contributed by atoms with Crippen molar-refractivity contribution in [1.29, 1.82) is 0 Å². The van der Waals surface area contributed by atoms with Crippen molar-refractivity contribution in [2.45, 2.75) is 13.8 Å². The second kappa shape index (κ2) is 13.1. The molecule has 0 saturated carbocycles. The van der Waals surface area contributed by atoms with E-state index >= 15 is 0 Å². The Labute approximate surface area is 192 Å². The molecule has 0 saturated heterocycles. The normalized spacial score (nSPS) is 10.7. The highest BCUT2D eigenvalue weighted by atomic mass is 79.9. The van der Waals surface area contributed by atoms with Crippen molar-refractivity contribution < 1.29 is 19.1 Å². The highest BCUT2D eigenvalue weighted by Crippen LogP contribution is 2.26. The lowest BCUT2D eigenvalue weighted by Crippen LogP contribution is -2.34. The third kappa shape index (κ3) is 7.97. The Morgan fingerprint density at radius 3 is 2.26 bits per heavy atom. The molecule has 168 valence electrons. The molecule has 0 aliphatic rings. The molecule has 0 atom stereocenters. The van der Waals surface area contributed by atoms with Crippen molar-refractivity contribution in [2.75, 3.05) is 51.8 Å². The summed E-state index contributed by atoms with van der Waals surface area (Å²) >= 11 is 3.42. The minimum atomic E-state index is -0.249. The quantitative estimate of drug-likeness (QED) is 0.441. The molecule has 0 aliphatic carbocycles. The highest BCUT2D eigenvalue weighted by Gasteiger charge is 2.11. The van der Waals surface area contributed by atoms with E-state index in [-0.39, 0.29) is 11.8 Å². The smallest absolute Gasteiger partial charge is 0.255 e. The fraction of sp³-hybridized carbons (Fsp3) is 0.391. The van der Waals surface area contributed by atoms with Crippen molar-refractivity contribution in [2.24, 2.45) is 0 Å². The van der Waals surface area contributed by atoms with E-state index < -0.39 is 0 Å². The van der Waals surface area contributed by atoms with E-state index in [1.165, 1.54) is 0 Å². The monoisotopic (exact) mass is 491 g/mol. The van der Waals surface area contributed by atoms with Gasteiger partial charge >= 0.3 is 0 Å². The van der Waals surface area contributed by atoms with Gasteiger partial charge in [0, 0.05) is 37.0 Å². The molecule has 0 unspecified atom stereocenters. The van der Waals surface area contributed by atoms with Crippen LogP contribution >= 0.6 is 15.9 Å². The summed E-state index contributed by atoms with van der Waals surface area (Å²) in [7, 11) is 1.61. The number of amides is 2. The van der Waals surface area contributed by atoms with E-state index in [4.69, 9.17) is 9.47 Å². The molecule has 2 rings (SSSR count). The van der Waals surface area contributed by atoms with Gasteiger partial charge in [0.05, 0.1) is 11.1 Å². The first-order valence-electron chi connectivity index (χ1n) is 10.3. The molecule has 31 heavy (non-hydrogen) atoms. The summed E-state index contributed by atoms with van der Waals surface area (Å²) in [5.41, 5.74) is 1.66. The van der Waals surface area contributed by atoms with E-state index in [0.29, 0.717) is 46.8 Å². The van der Waals surface area contributed by atoms with Crippen LogP contribution in [0, 0.1) is 0 Å². The van der Waals surface area contributed by atoms with Gasteiger partial charge in [0.1, 0.15) is 12.4 Å². The summed E-state index contributed by atoms with van der Waals surface area (Å²) in [6.07, 6.45) is 0. The largest absolute Gasteiger partial charge is 0.490 e. The lowest BCUT2D eigenvalue weighted by Gasteiger charge is -2.18. The summed E-state index contributed by atoms with van der Waals surface area (Å²) in [5, 5.41) is 5.76. The van der Waals surface area contributed by atoms with Crippen LogP contribution in [0.1, 0.15) is 34.6 Å². The number of likely N-dealkylation sites (N-methyl/N-ethyl adjacent to an activating group) is 1. The first-order chi connectivity index (χ1) is 15.0. The molecule has 0 fully saturated rings. The summed E-state index contributed by atoms with van der Waals surface area (Å²) in [6, 6.07) is 12.0. The fourth-order valence-electron chi connectivity index (χ4n) is 2.87. The van der Waals surface area contributed by atoms with Crippen LogP contribution in [-0.4, -0.2) is 63.2 Å². The molecule has 0 radical (unpaired) electrons. The first-order valence-corrected chi connectivity index (χ1v) is 11.1. The van der Waals surface area contributed by atoms with Crippen LogP contribution in [0.2, 0.25) is 0 Å². The lowest BCUT2D eigenvalue weighted by molar-refractivity contribution is 0.0948. The number of rotatable bonds is 12. The third-order valence-electron chi connectivity index (χ3n) is 4.75. The molecule has 0 spiro atoms. The molecular weight excluding hydrogens is 462 g/mol. The maximum Gasteiger partial charge on any atom is 0.255 e. The van der Waals surface area contributed by atoms with Crippen molar-refractivity contribution in [3.8, 4) is 5.75 Å². The van der Waals surface area contributed by atoms with Crippen molar-refractivity contribution in [1.82, 2.24) is 10.2 Å². The second-order valence-corrected chi connectivity index (χ2v) is 7.66. The maximum atomic E-state index is 12.5.